The van der Waals surface area contributed by atoms with E-state index in [9.17, 15) is 45.3 Å². The van der Waals surface area contributed by atoms with Gasteiger partial charge in [-0.15, -0.1) is 0 Å². The van der Waals surface area contributed by atoms with Gasteiger partial charge < -0.3 is 64.2 Å². The number of ether oxygens (including phenoxy) is 6. The number of hydrogen-bond donors (Lipinski definition) is 7. The van der Waals surface area contributed by atoms with Crippen molar-refractivity contribution in [2.24, 2.45) is 0 Å². The molecule has 0 aromatic carbocycles. The Kier molecular flexibility index (Phi) is 33.4. The van der Waals surface area contributed by atoms with E-state index in [0.717, 1.165) is 25.7 Å². The van der Waals surface area contributed by atoms with Crippen molar-refractivity contribution in [2.45, 2.75) is 216 Å². The fourth-order valence-electron chi connectivity index (χ4n) is 7.36. The lowest BCUT2D eigenvalue weighted by Crippen LogP contribution is -2.61. The van der Waals surface area contributed by atoms with Crippen LogP contribution in [0.25, 0.3) is 0 Å². The standard InChI is InChI=1S/C50H84O15/c1-3-5-7-9-11-13-15-17-18-19-21-22-24-26-28-30-32-41(52)60-35-38(63-42(53)33-31-29-27-25-23-20-16-14-12-10-8-6-4-2)36-61-49-48(59)46(57)44(55)40(65-49)37-62-50-47(58)45(56)43(54)39(34-51)64-50/h6,8,10,12,14,16,20,23,25,27,38-40,43-51,54-59H,3-5,7,9,11,13,15,17-19,21-22,24,26,28-37H2,1-2H3/b8-6+,12-10+,16-14+,23-20+,27-25+/t38?,39-,40-,43+,44+,45?,46?,47?,48?,49-,50-/m1/s1. The van der Waals surface area contributed by atoms with Crippen molar-refractivity contribution in [3.8, 4) is 0 Å². The molecule has 2 rings (SSSR count). The van der Waals surface area contributed by atoms with Crippen LogP contribution in [0.15, 0.2) is 60.8 Å². The van der Waals surface area contributed by atoms with Gasteiger partial charge in [-0.25, -0.2) is 0 Å². The normalized spacial score (nSPS) is 26.9. The zero-order valence-corrected chi connectivity index (χ0v) is 39.2. The highest BCUT2D eigenvalue weighted by Gasteiger charge is 2.47. The lowest BCUT2D eigenvalue weighted by Gasteiger charge is -2.42. The molecule has 0 amide bonds. The van der Waals surface area contributed by atoms with E-state index in [1.807, 2.05) is 54.7 Å². The first-order chi connectivity index (χ1) is 31.5. The van der Waals surface area contributed by atoms with Crippen molar-refractivity contribution in [3.05, 3.63) is 60.8 Å². The molecule has 2 fully saturated rings. The molecule has 2 saturated heterocycles. The number of unbranched alkanes of at least 4 members (excludes halogenated alkanes) is 16. The van der Waals surface area contributed by atoms with Crippen LogP contribution in [-0.4, -0.2) is 142 Å². The Hall–Kier alpha value is -2.80. The van der Waals surface area contributed by atoms with E-state index in [1.165, 1.54) is 77.0 Å². The van der Waals surface area contributed by atoms with Gasteiger partial charge in [0.1, 0.15) is 55.4 Å². The van der Waals surface area contributed by atoms with Crippen molar-refractivity contribution in [1.82, 2.24) is 0 Å². The van der Waals surface area contributed by atoms with Gasteiger partial charge in [-0.05, 0) is 25.7 Å². The maximum absolute atomic E-state index is 12.9. The molecule has 0 aromatic rings. The van der Waals surface area contributed by atoms with Gasteiger partial charge in [-0.3, -0.25) is 9.59 Å². The van der Waals surface area contributed by atoms with E-state index in [0.29, 0.717) is 19.3 Å². The Balaban J connectivity index is 1.85. The van der Waals surface area contributed by atoms with Crippen LogP contribution in [0.4, 0.5) is 0 Å². The predicted octanol–water partition coefficient (Wildman–Crippen LogP) is 6.10. The SMILES string of the molecule is CC/C=C/C=C/C=C/C=C/C=C/CCCC(=O)OC(COC(=O)CCCCCCCCCCCCCCCCCC)CO[C@@H]1O[C@H](CO[C@@H]2O[C@H](CO)[C@H](O)C(O)C2O)[C@H](O)C(O)C1O. The van der Waals surface area contributed by atoms with Gasteiger partial charge in [0.05, 0.1) is 19.8 Å². The second-order valence-electron chi connectivity index (χ2n) is 17.0. The first-order valence-corrected chi connectivity index (χ1v) is 24.4. The van der Waals surface area contributed by atoms with Crippen molar-refractivity contribution < 1.29 is 73.8 Å². The van der Waals surface area contributed by atoms with E-state index < -0.39 is 99.3 Å². The van der Waals surface area contributed by atoms with Crippen molar-refractivity contribution in [3.63, 3.8) is 0 Å². The average molecular weight is 925 g/mol. The number of rotatable bonds is 36. The molecule has 0 aliphatic carbocycles. The summed E-state index contributed by atoms with van der Waals surface area (Å²) in [5.74, 6) is -1.01. The molecule has 0 saturated carbocycles. The van der Waals surface area contributed by atoms with Crippen molar-refractivity contribution >= 4 is 11.9 Å². The minimum Gasteiger partial charge on any atom is -0.462 e. The van der Waals surface area contributed by atoms with Gasteiger partial charge in [0.25, 0.3) is 0 Å². The molecule has 0 bridgehead atoms. The Morgan fingerprint density at radius 3 is 1.51 bits per heavy atom. The molecule has 15 nitrogen and oxygen atoms in total. The molecule has 15 heteroatoms. The van der Waals surface area contributed by atoms with Crippen LogP contribution in [0, 0.1) is 0 Å². The van der Waals surface area contributed by atoms with Gasteiger partial charge in [0.2, 0.25) is 0 Å². The zero-order chi connectivity index (χ0) is 47.5. The summed E-state index contributed by atoms with van der Waals surface area (Å²) in [5, 5.41) is 71.9. The average Bonchev–Trinajstić information content (AvgIpc) is 3.30. The van der Waals surface area contributed by atoms with E-state index in [-0.39, 0.29) is 19.4 Å². The van der Waals surface area contributed by atoms with Crippen molar-refractivity contribution in [1.29, 1.82) is 0 Å². The third-order valence-corrected chi connectivity index (χ3v) is 11.4. The van der Waals surface area contributed by atoms with Crippen LogP contribution in [0.1, 0.15) is 149 Å². The Bertz CT molecular complexity index is 1370. The van der Waals surface area contributed by atoms with Gasteiger partial charge in [-0.1, -0.05) is 171 Å². The zero-order valence-electron chi connectivity index (χ0n) is 39.2. The van der Waals surface area contributed by atoms with E-state index in [4.69, 9.17) is 28.4 Å². The summed E-state index contributed by atoms with van der Waals surface area (Å²) in [5.41, 5.74) is 0. The molecular weight excluding hydrogens is 841 g/mol. The summed E-state index contributed by atoms with van der Waals surface area (Å²) >= 11 is 0. The first-order valence-electron chi connectivity index (χ1n) is 24.4. The number of carbonyl (C=O) groups is 2. The quantitative estimate of drug-likeness (QED) is 0.0214. The second kappa shape index (κ2) is 37.2. The third-order valence-electron chi connectivity index (χ3n) is 11.4. The highest BCUT2D eigenvalue weighted by Crippen LogP contribution is 2.26. The molecule has 374 valence electrons. The minimum atomic E-state index is -1.78. The molecule has 7 N–H and O–H groups in total. The molecular formula is C50H84O15. The van der Waals surface area contributed by atoms with Crippen LogP contribution in [0.5, 0.6) is 0 Å². The minimum absolute atomic E-state index is 0.0680. The van der Waals surface area contributed by atoms with Crippen molar-refractivity contribution in [2.75, 3.05) is 26.4 Å². The lowest BCUT2D eigenvalue weighted by atomic mass is 9.98. The molecule has 2 aliphatic rings. The fraction of sp³-hybridized carbons (Fsp3) is 0.760. The topological polar surface area (TPSA) is 231 Å². The summed E-state index contributed by atoms with van der Waals surface area (Å²) in [7, 11) is 0. The maximum atomic E-state index is 12.9. The van der Waals surface area contributed by atoms with E-state index in [1.54, 1.807) is 0 Å². The van der Waals surface area contributed by atoms with Gasteiger partial charge in [-0.2, -0.15) is 0 Å². The van der Waals surface area contributed by atoms with Crippen LogP contribution >= 0.6 is 0 Å². The summed E-state index contributed by atoms with van der Waals surface area (Å²) in [6, 6.07) is 0. The molecule has 2 heterocycles. The Morgan fingerprint density at radius 1 is 0.508 bits per heavy atom. The van der Waals surface area contributed by atoms with E-state index in [2.05, 4.69) is 19.9 Å². The second-order valence-corrected chi connectivity index (χ2v) is 17.0. The summed E-state index contributed by atoms with van der Waals surface area (Å²) in [6.45, 7) is 2.35. The molecule has 11 atom stereocenters. The predicted molar refractivity (Wildman–Crippen MR) is 247 cm³/mol. The molecule has 0 radical (unpaired) electrons. The van der Waals surface area contributed by atoms with E-state index >= 15 is 0 Å². The number of aliphatic hydroxyl groups excluding tert-OH is 7. The summed E-state index contributed by atoms with van der Waals surface area (Å²) in [6.07, 6.45) is 24.1. The van der Waals surface area contributed by atoms with Crippen LogP contribution in [-0.2, 0) is 38.0 Å². The molecule has 0 spiro atoms. The first kappa shape index (κ1) is 58.3. The van der Waals surface area contributed by atoms with Crippen LogP contribution < -0.4 is 0 Å². The smallest absolute Gasteiger partial charge is 0.306 e. The Labute approximate surface area is 388 Å². The van der Waals surface area contributed by atoms with Gasteiger partial charge in [0.15, 0.2) is 18.7 Å². The number of aliphatic hydroxyl groups is 7. The fourth-order valence-corrected chi connectivity index (χ4v) is 7.36. The van der Waals surface area contributed by atoms with Gasteiger partial charge in [0, 0.05) is 12.8 Å². The number of allylic oxidation sites excluding steroid dienone is 10. The Morgan fingerprint density at radius 2 is 0.969 bits per heavy atom. The lowest BCUT2D eigenvalue weighted by molar-refractivity contribution is -0.332. The monoisotopic (exact) mass is 925 g/mol. The summed E-state index contributed by atoms with van der Waals surface area (Å²) < 4.78 is 33.4. The number of esters is 2. The molecule has 65 heavy (non-hydrogen) atoms. The number of carbonyl (C=O) groups excluding carboxylic acids is 2. The maximum Gasteiger partial charge on any atom is 0.306 e. The third kappa shape index (κ3) is 25.8. The molecule has 5 unspecified atom stereocenters. The van der Waals surface area contributed by atoms with Crippen LogP contribution in [0.2, 0.25) is 0 Å². The summed E-state index contributed by atoms with van der Waals surface area (Å²) in [4.78, 5) is 25.7. The van der Waals surface area contributed by atoms with Gasteiger partial charge >= 0.3 is 11.9 Å². The molecule has 2 aliphatic heterocycles. The number of hydrogen-bond acceptors (Lipinski definition) is 15. The highest BCUT2D eigenvalue weighted by atomic mass is 16.7. The molecule has 0 aromatic heterocycles. The largest absolute Gasteiger partial charge is 0.462 e. The highest BCUT2D eigenvalue weighted by molar-refractivity contribution is 5.70. The van der Waals surface area contributed by atoms with Crippen LogP contribution in [0.3, 0.4) is 0 Å².